The molecule has 1 heterocycles. The van der Waals surface area contributed by atoms with Crippen LogP contribution in [0.2, 0.25) is 0 Å². The summed E-state index contributed by atoms with van der Waals surface area (Å²) < 4.78 is 20.5. The maximum absolute atomic E-state index is 14.2. The number of rotatable bonds is 8. The number of ether oxygens (including phenoxy) is 1. The van der Waals surface area contributed by atoms with Gasteiger partial charge in [0.2, 0.25) is 0 Å². The minimum atomic E-state index is -0.915. The molecular formula is C31H30FNO3. The lowest BCUT2D eigenvalue weighted by atomic mass is 9.83. The largest absolute Gasteiger partial charge is 0.490 e. The van der Waals surface area contributed by atoms with E-state index in [0.717, 1.165) is 53.6 Å². The Balaban J connectivity index is 1.23. The summed E-state index contributed by atoms with van der Waals surface area (Å²) in [5.74, 6) is -0.0361. The average Bonchev–Trinajstić information content (AvgIpc) is 2.91. The summed E-state index contributed by atoms with van der Waals surface area (Å²) in [6.45, 7) is 2.94. The van der Waals surface area contributed by atoms with Crippen LogP contribution in [0.15, 0.2) is 84.9 Å². The molecule has 5 heteroatoms. The van der Waals surface area contributed by atoms with Crippen LogP contribution in [0, 0.1) is 5.82 Å². The Kier molecular flexibility index (Phi) is 7.01. The van der Waals surface area contributed by atoms with Crippen LogP contribution in [0.4, 0.5) is 4.39 Å². The van der Waals surface area contributed by atoms with Crippen LogP contribution in [0.3, 0.4) is 0 Å². The molecule has 4 aromatic rings. The summed E-state index contributed by atoms with van der Waals surface area (Å²) in [5, 5.41) is 14.4. The Labute approximate surface area is 210 Å². The number of carboxylic acids is 1. The van der Waals surface area contributed by atoms with Crippen molar-refractivity contribution in [1.29, 1.82) is 0 Å². The zero-order valence-corrected chi connectivity index (χ0v) is 20.3. The van der Waals surface area contributed by atoms with E-state index in [1.807, 2.05) is 60.7 Å². The Morgan fingerprint density at radius 3 is 2.50 bits per heavy atom. The summed E-state index contributed by atoms with van der Waals surface area (Å²) in [7, 11) is 0. The SMILES string of the molecule is C[C@@H](NCCC[C@@H]1C[C@@H](c2ccc(C(=O)O)cc2)c2ccccc2O1)c1ccc(F)c2ccccc12. The van der Waals surface area contributed by atoms with Crippen molar-refractivity contribution in [3.05, 3.63) is 113 Å². The van der Waals surface area contributed by atoms with E-state index < -0.39 is 5.97 Å². The molecule has 0 saturated heterocycles. The first-order valence-electron chi connectivity index (χ1n) is 12.5. The molecule has 36 heavy (non-hydrogen) atoms. The van der Waals surface area contributed by atoms with Gasteiger partial charge in [0.1, 0.15) is 11.6 Å². The van der Waals surface area contributed by atoms with Crippen LogP contribution in [-0.4, -0.2) is 23.7 Å². The zero-order chi connectivity index (χ0) is 25.1. The smallest absolute Gasteiger partial charge is 0.335 e. The van der Waals surface area contributed by atoms with Gasteiger partial charge >= 0.3 is 5.97 Å². The maximum atomic E-state index is 14.2. The predicted molar refractivity (Wildman–Crippen MR) is 140 cm³/mol. The second kappa shape index (κ2) is 10.5. The van der Waals surface area contributed by atoms with Gasteiger partial charge in [-0.05, 0) is 73.5 Å². The lowest BCUT2D eigenvalue weighted by Gasteiger charge is -2.33. The minimum Gasteiger partial charge on any atom is -0.490 e. The van der Waals surface area contributed by atoms with E-state index in [2.05, 4.69) is 18.3 Å². The van der Waals surface area contributed by atoms with Gasteiger partial charge in [0.15, 0.2) is 0 Å². The third-order valence-electron chi connectivity index (χ3n) is 7.17. The number of hydrogen-bond acceptors (Lipinski definition) is 3. The summed E-state index contributed by atoms with van der Waals surface area (Å²) in [6, 6.07) is 26.4. The second-order valence-electron chi connectivity index (χ2n) is 9.49. The maximum Gasteiger partial charge on any atom is 0.335 e. The molecule has 1 aliphatic heterocycles. The normalized spacial score (nSPS) is 17.8. The minimum absolute atomic E-state index is 0.0767. The number of nitrogens with one attached hydrogen (secondary N) is 1. The number of carboxylic acid groups (broad SMARTS) is 1. The van der Waals surface area contributed by atoms with E-state index in [4.69, 9.17) is 4.74 Å². The molecule has 0 unspecified atom stereocenters. The van der Waals surface area contributed by atoms with Gasteiger partial charge in [-0.3, -0.25) is 0 Å². The fourth-order valence-corrected chi connectivity index (χ4v) is 5.27. The van der Waals surface area contributed by atoms with E-state index in [1.165, 1.54) is 0 Å². The van der Waals surface area contributed by atoms with Crippen molar-refractivity contribution in [2.24, 2.45) is 0 Å². The second-order valence-corrected chi connectivity index (χ2v) is 9.49. The monoisotopic (exact) mass is 483 g/mol. The highest BCUT2D eigenvalue weighted by Crippen LogP contribution is 2.41. The highest BCUT2D eigenvalue weighted by Gasteiger charge is 2.29. The summed E-state index contributed by atoms with van der Waals surface area (Å²) >= 11 is 0. The fourth-order valence-electron chi connectivity index (χ4n) is 5.27. The molecule has 0 radical (unpaired) electrons. The van der Waals surface area contributed by atoms with Gasteiger partial charge in [0.05, 0.1) is 11.7 Å². The third kappa shape index (κ3) is 4.98. The van der Waals surface area contributed by atoms with Crippen LogP contribution < -0.4 is 10.1 Å². The van der Waals surface area contributed by atoms with Crippen LogP contribution >= 0.6 is 0 Å². The molecule has 0 spiro atoms. The molecule has 1 aliphatic rings. The van der Waals surface area contributed by atoms with Crippen molar-refractivity contribution in [2.45, 2.75) is 44.2 Å². The van der Waals surface area contributed by atoms with Gasteiger partial charge in [-0.25, -0.2) is 9.18 Å². The first-order valence-corrected chi connectivity index (χ1v) is 12.5. The molecule has 2 N–H and O–H groups in total. The molecular weight excluding hydrogens is 453 g/mol. The van der Waals surface area contributed by atoms with Crippen molar-refractivity contribution >= 4 is 16.7 Å². The average molecular weight is 484 g/mol. The van der Waals surface area contributed by atoms with Crippen molar-refractivity contribution in [3.63, 3.8) is 0 Å². The lowest BCUT2D eigenvalue weighted by Crippen LogP contribution is -2.28. The Morgan fingerprint density at radius 1 is 1.00 bits per heavy atom. The Hall–Kier alpha value is -3.70. The van der Waals surface area contributed by atoms with Crippen LogP contribution in [0.1, 0.15) is 65.2 Å². The van der Waals surface area contributed by atoms with Gasteiger partial charge in [0, 0.05) is 22.9 Å². The van der Waals surface area contributed by atoms with Gasteiger partial charge < -0.3 is 15.2 Å². The predicted octanol–water partition coefficient (Wildman–Crippen LogP) is 7.09. The quantitative estimate of drug-likeness (QED) is 0.263. The van der Waals surface area contributed by atoms with Gasteiger partial charge in [-0.15, -0.1) is 0 Å². The van der Waals surface area contributed by atoms with E-state index in [9.17, 15) is 14.3 Å². The molecule has 4 aromatic carbocycles. The lowest BCUT2D eigenvalue weighted by molar-refractivity contribution is 0.0696. The molecule has 3 atom stereocenters. The summed E-state index contributed by atoms with van der Waals surface area (Å²) in [5.41, 5.74) is 3.65. The molecule has 0 aromatic heterocycles. The van der Waals surface area contributed by atoms with Gasteiger partial charge in [-0.1, -0.05) is 60.7 Å². The highest BCUT2D eigenvalue weighted by atomic mass is 19.1. The summed E-state index contributed by atoms with van der Waals surface area (Å²) in [4.78, 5) is 11.3. The molecule has 5 rings (SSSR count). The van der Waals surface area contributed by atoms with Gasteiger partial charge in [0.25, 0.3) is 0 Å². The molecule has 0 aliphatic carbocycles. The zero-order valence-electron chi connectivity index (χ0n) is 20.3. The van der Waals surface area contributed by atoms with E-state index in [0.29, 0.717) is 10.9 Å². The Morgan fingerprint density at radius 2 is 1.72 bits per heavy atom. The molecule has 184 valence electrons. The molecule has 0 fully saturated rings. The standard InChI is InChI=1S/C31H30FNO3/c1-20(24-16-17-29(32)26-9-3-2-8-25(24)26)33-18-6-7-23-19-28(27-10-4-5-11-30(27)36-23)21-12-14-22(15-13-21)31(34)35/h2-5,8-17,20,23,28,33H,6-7,18-19H2,1H3,(H,34,35)/t20-,23-,28+/m1/s1. The van der Waals surface area contributed by atoms with Crippen LogP contribution in [-0.2, 0) is 0 Å². The number of fused-ring (bicyclic) bond motifs is 2. The molecule has 4 nitrogen and oxygen atoms in total. The first-order chi connectivity index (χ1) is 17.5. The van der Waals surface area contributed by atoms with Crippen molar-refractivity contribution in [1.82, 2.24) is 5.32 Å². The topological polar surface area (TPSA) is 58.6 Å². The van der Waals surface area contributed by atoms with E-state index >= 15 is 0 Å². The first kappa shape index (κ1) is 24.0. The third-order valence-corrected chi connectivity index (χ3v) is 7.17. The molecule has 0 bridgehead atoms. The Bertz CT molecular complexity index is 1370. The van der Waals surface area contributed by atoms with Crippen molar-refractivity contribution < 1.29 is 19.0 Å². The molecule has 0 amide bonds. The number of para-hydroxylation sites is 1. The van der Waals surface area contributed by atoms with Crippen molar-refractivity contribution in [3.8, 4) is 5.75 Å². The number of benzene rings is 4. The number of halogens is 1. The number of aromatic carboxylic acids is 1. The van der Waals surface area contributed by atoms with Gasteiger partial charge in [-0.2, -0.15) is 0 Å². The number of carbonyl (C=O) groups is 1. The van der Waals surface area contributed by atoms with E-state index in [-0.39, 0.29) is 23.9 Å². The molecule has 0 saturated carbocycles. The van der Waals surface area contributed by atoms with E-state index in [1.54, 1.807) is 18.2 Å². The van der Waals surface area contributed by atoms with Crippen LogP contribution in [0.5, 0.6) is 5.75 Å². The highest BCUT2D eigenvalue weighted by molar-refractivity contribution is 5.87. The summed E-state index contributed by atoms with van der Waals surface area (Å²) in [6.07, 6.45) is 2.78. The van der Waals surface area contributed by atoms with Crippen LogP contribution in [0.25, 0.3) is 10.8 Å². The number of hydrogen-bond donors (Lipinski definition) is 2. The fraction of sp³-hybridized carbons (Fsp3) is 0.258. The van der Waals surface area contributed by atoms with Crippen molar-refractivity contribution in [2.75, 3.05) is 6.54 Å².